The van der Waals surface area contributed by atoms with Crippen LogP contribution in [-0.2, 0) is 0 Å². The number of pyridine rings is 1. The zero-order chi connectivity index (χ0) is 11.1. The molecule has 1 heterocycles. The quantitative estimate of drug-likeness (QED) is 0.808. The van der Waals surface area contributed by atoms with Crippen molar-refractivity contribution >= 4 is 27.5 Å². The normalized spacial score (nSPS) is 51.3. The maximum absolute atomic E-state index is 9.56. The van der Waals surface area contributed by atoms with Crippen molar-refractivity contribution in [2.24, 2.45) is 5.41 Å². The van der Waals surface area contributed by atoms with Crippen LogP contribution in [0.2, 0.25) is 0 Å². The lowest BCUT2D eigenvalue weighted by Crippen LogP contribution is -2.53. The molecule has 0 amide bonds. The zero-order valence-electron chi connectivity index (χ0n) is 8.53. The molecule has 4 rings (SSSR count). The van der Waals surface area contributed by atoms with Crippen LogP contribution >= 0.6 is 27.5 Å². The van der Waals surface area contributed by atoms with Crippen LogP contribution in [0.3, 0.4) is 0 Å². The van der Waals surface area contributed by atoms with Gasteiger partial charge < -0.3 is 5.11 Å². The first-order chi connectivity index (χ1) is 7.67. The Kier molecular flexibility index (Phi) is 1.63. The number of hydrogen-bond donors (Lipinski definition) is 1. The molecule has 1 N–H and O–H groups in total. The second-order valence-electron chi connectivity index (χ2n) is 5.17. The molecule has 0 aromatic carbocycles. The molecule has 84 valence electrons. The molecule has 4 heteroatoms. The van der Waals surface area contributed by atoms with Crippen molar-refractivity contribution in [1.29, 1.82) is 0 Å². The largest absolute Gasteiger partial charge is 0.395 e. The lowest BCUT2D eigenvalue weighted by Gasteiger charge is -2.51. The van der Waals surface area contributed by atoms with Gasteiger partial charge in [0.15, 0.2) is 0 Å². The Morgan fingerprint density at radius 1 is 1.62 bits per heavy atom. The van der Waals surface area contributed by atoms with Crippen LogP contribution in [0, 0.1) is 5.41 Å². The van der Waals surface area contributed by atoms with Crippen molar-refractivity contribution in [1.82, 2.24) is 4.98 Å². The van der Waals surface area contributed by atoms with E-state index >= 15 is 0 Å². The smallest absolute Gasteiger partial charge is 0.0591 e. The van der Waals surface area contributed by atoms with Crippen LogP contribution in [0.25, 0.3) is 0 Å². The number of aromatic nitrogens is 1. The number of fused-ring (bicyclic) bond motifs is 3. The molecule has 0 radical (unpaired) electrons. The van der Waals surface area contributed by atoms with Crippen LogP contribution in [0.15, 0.2) is 18.3 Å². The van der Waals surface area contributed by atoms with E-state index in [1.54, 1.807) is 0 Å². The Bertz CT molecular complexity index is 492. The number of aliphatic hydroxyl groups is 1. The van der Waals surface area contributed by atoms with Gasteiger partial charge in [0.1, 0.15) is 0 Å². The minimum absolute atomic E-state index is 0.0417. The van der Waals surface area contributed by atoms with E-state index in [-0.39, 0.29) is 21.7 Å². The molecule has 0 aliphatic heterocycles. The summed E-state index contributed by atoms with van der Waals surface area (Å²) >= 11 is 10.2. The van der Waals surface area contributed by atoms with Gasteiger partial charge in [-0.05, 0) is 24.0 Å². The van der Waals surface area contributed by atoms with Crippen molar-refractivity contribution in [2.75, 3.05) is 6.61 Å². The monoisotopic (exact) mass is 299 g/mol. The molecule has 3 aliphatic carbocycles. The minimum atomic E-state index is -0.178. The highest BCUT2D eigenvalue weighted by atomic mass is 79.9. The van der Waals surface area contributed by atoms with Gasteiger partial charge in [-0.15, -0.1) is 11.6 Å². The van der Waals surface area contributed by atoms with E-state index in [1.165, 1.54) is 11.3 Å². The standard InChI is InChI=1S/C12H11BrClNO/c13-11(5-16)4-7-6-2-1-3-15-9(6)8-10(14)12(7,8)11/h1-3,7-8,10,16H,4-5H2/t7-,8+,10-,11-,12-/m1/s1. The lowest BCUT2D eigenvalue weighted by molar-refractivity contribution is 0.0865. The Labute approximate surface area is 107 Å². The van der Waals surface area contributed by atoms with Gasteiger partial charge >= 0.3 is 0 Å². The third kappa shape index (κ3) is 0.737. The van der Waals surface area contributed by atoms with Crippen molar-refractivity contribution < 1.29 is 5.11 Å². The Hall–Kier alpha value is -0.120. The second kappa shape index (κ2) is 2.65. The number of rotatable bonds is 1. The third-order valence-electron chi connectivity index (χ3n) is 4.83. The van der Waals surface area contributed by atoms with Crippen molar-refractivity contribution in [2.45, 2.75) is 28.0 Å². The molecule has 2 nitrogen and oxygen atoms in total. The van der Waals surface area contributed by atoms with E-state index in [4.69, 9.17) is 11.6 Å². The molecule has 0 bridgehead atoms. The fourth-order valence-electron chi connectivity index (χ4n) is 4.07. The van der Waals surface area contributed by atoms with E-state index in [9.17, 15) is 5.11 Å². The van der Waals surface area contributed by atoms with Crippen LogP contribution in [0.1, 0.15) is 29.5 Å². The summed E-state index contributed by atoms with van der Waals surface area (Å²) in [6.45, 7) is 0.164. The maximum atomic E-state index is 9.56. The summed E-state index contributed by atoms with van der Waals surface area (Å²) in [5, 5.41) is 9.69. The number of hydrogen-bond acceptors (Lipinski definition) is 2. The number of aliphatic hydroxyl groups excluding tert-OH is 1. The third-order valence-corrected chi connectivity index (χ3v) is 6.70. The van der Waals surface area contributed by atoms with Crippen LogP contribution in [0.4, 0.5) is 0 Å². The fourth-order valence-corrected chi connectivity index (χ4v) is 6.04. The summed E-state index contributed by atoms with van der Waals surface area (Å²) in [7, 11) is 0. The van der Waals surface area contributed by atoms with Gasteiger partial charge in [0, 0.05) is 23.2 Å². The van der Waals surface area contributed by atoms with E-state index in [2.05, 4.69) is 27.0 Å². The van der Waals surface area contributed by atoms with Gasteiger partial charge in [-0.3, -0.25) is 4.98 Å². The first-order valence-corrected chi connectivity index (χ1v) is 6.78. The van der Waals surface area contributed by atoms with E-state index in [1.807, 2.05) is 12.3 Å². The molecular weight excluding hydrogens is 289 g/mol. The summed E-state index contributed by atoms with van der Waals surface area (Å²) in [5.41, 5.74) is 2.56. The summed E-state index contributed by atoms with van der Waals surface area (Å²) in [5.74, 6) is 0.839. The van der Waals surface area contributed by atoms with Gasteiger partial charge in [-0.25, -0.2) is 0 Å². The van der Waals surface area contributed by atoms with E-state index < -0.39 is 0 Å². The first kappa shape index (κ1) is 9.86. The van der Waals surface area contributed by atoms with Crippen molar-refractivity contribution in [3.05, 3.63) is 29.6 Å². The molecule has 0 saturated heterocycles. The molecule has 2 saturated carbocycles. The highest BCUT2D eigenvalue weighted by Gasteiger charge is 2.86. The van der Waals surface area contributed by atoms with Crippen LogP contribution in [-0.4, -0.2) is 26.4 Å². The lowest BCUT2D eigenvalue weighted by atomic mass is 9.61. The topological polar surface area (TPSA) is 33.1 Å². The fraction of sp³-hybridized carbons (Fsp3) is 0.583. The summed E-state index contributed by atoms with van der Waals surface area (Å²) < 4.78 is -0.178. The van der Waals surface area contributed by atoms with E-state index in [0.717, 1.165) is 6.42 Å². The summed E-state index contributed by atoms with van der Waals surface area (Å²) in [6.07, 6.45) is 2.82. The molecule has 2 fully saturated rings. The summed E-state index contributed by atoms with van der Waals surface area (Å²) in [4.78, 5) is 4.48. The van der Waals surface area contributed by atoms with Gasteiger partial charge in [0.25, 0.3) is 0 Å². The predicted octanol–water partition coefficient (Wildman–Crippen LogP) is 2.40. The van der Waals surface area contributed by atoms with Crippen LogP contribution in [0.5, 0.6) is 0 Å². The molecular formula is C12H11BrClNO. The van der Waals surface area contributed by atoms with Crippen LogP contribution < -0.4 is 0 Å². The molecule has 16 heavy (non-hydrogen) atoms. The van der Waals surface area contributed by atoms with Crippen molar-refractivity contribution in [3.8, 4) is 0 Å². The molecule has 1 spiro atoms. The SMILES string of the molecule is OC[C@]1(Br)C[C@@H]2c3cccnc3[C@H]3[C@@H](Cl)[C@@]231. The van der Waals surface area contributed by atoms with Gasteiger partial charge in [-0.1, -0.05) is 22.0 Å². The predicted molar refractivity (Wildman–Crippen MR) is 65.2 cm³/mol. The Balaban J connectivity index is 1.89. The van der Waals surface area contributed by atoms with Gasteiger partial charge in [0.2, 0.25) is 0 Å². The average molecular weight is 301 g/mol. The Morgan fingerprint density at radius 3 is 3.19 bits per heavy atom. The highest BCUT2D eigenvalue weighted by molar-refractivity contribution is 9.10. The number of alkyl halides is 2. The highest BCUT2D eigenvalue weighted by Crippen LogP contribution is 2.87. The molecule has 1 aromatic rings. The first-order valence-electron chi connectivity index (χ1n) is 5.55. The second-order valence-corrected chi connectivity index (χ2v) is 7.16. The van der Waals surface area contributed by atoms with Gasteiger partial charge in [0.05, 0.1) is 16.3 Å². The maximum Gasteiger partial charge on any atom is 0.0591 e. The summed E-state index contributed by atoms with van der Waals surface area (Å²) in [6, 6.07) is 4.15. The molecule has 0 unspecified atom stereocenters. The van der Waals surface area contributed by atoms with E-state index in [0.29, 0.717) is 11.8 Å². The molecule has 3 aliphatic rings. The average Bonchev–Trinajstić information content (AvgIpc) is 2.86. The van der Waals surface area contributed by atoms with Gasteiger partial charge in [-0.2, -0.15) is 0 Å². The zero-order valence-corrected chi connectivity index (χ0v) is 10.9. The van der Waals surface area contributed by atoms with Crippen molar-refractivity contribution in [3.63, 3.8) is 0 Å². The number of halogens is 2. The molecule has 1 aromatic heterocycles. The Morgan fingerprint density at radius 2 is 2.44 bits per heavy atom. The molecule has 5 atom stereocenters. The number of nitrogens with zero attached hydrogens (tertiary/aromatic N) is 1. The minimum Gasteiger partial charge on any atom is -0.395 e.